The van der Waals surface area contributed by atoms with Crippen molar-refractivity contribution < 1.29 is 42.9 Å². The summed E-state index contributed by atoms with van der Waals surface area (Å²) in [5.74, 6) is -3.64. The van der Waals surface area contributed by atoms with Crippen LogP contribution in [0.3, 0.4) is 0 Å². The Hall–Kier alpha value is -6.53. The van der Waals surface area contributed by atoms with E-state index in [2.05, 4.69) is 36.4 Å². The number of H-pyrrole nitrogens is 1. The van der Waals surface area contributed by atoms with Gasteiger partial charge < -0.3 is 29.7 Å². The van der Waals surface area contributed by atoms with Gasteiger partial charge in [-0.2, -0.15) is 5.10 Å². The Labute approximate surface area is 345 Å². The average Bonchev–Trinajstić information content (AvgIpc) is 3.25. The van der Waals surface area contributed by atoms with Gasteiger partial charge in [-0.1, -0.05) is 54.6 Å². The molecule has 4 amide bonds. The van der Waals surface area contributed by atoms with E-state index in [0.29, 0.717) is 26.5 Å². The van der Waals surface area contributed by atoms with Crippen LogP contribution < -0.4 is 10.9 Å². The number of halogens is 2. The van der Waals surface area contributed by atoms with Gasteiger partial charge in [0.2, 0.25) is 5.91 Å². The van der Waals surface area contributed by atoms with Gasteiger partial charge in [-0.3, -0.25) is 24.1 Å². The molecular formula is C41H39BrFN7O9. The quantitative estimate of drug-likeness (QED) is 0.129. The summed E-state index contributed by atoms with van der Waals surface area (Å²) < 4.78 is 26.6. The van der Waals surface area contributed by atoms with Crippen LogP contribution in [-0.4, -0.2) is 124 Å². The van der Waals surface area contributed by atoms with Gasteiger partial charge in [-0.25, -0.2) is 24.1 Å². The summed E-state index contributed by atoms with van der Waals surface area (Å²) in [6.45, 7) is 0.0901. The highest BCUT2D eigenvalue weighted by atomic mass is 79.9. The largest absolute Gasteiger partial charge is 0.478 e. The summed E-state index contributed by atoms with van der Waals surface area (Å²) in [6.07, 6.45) is 0.798. The normalized spacial score (nSPS) is 12.6. The van der Waals surface area contributed by atoms with Crippen molar-refractivity contribution in [3.63, 3.8) is 0 Å². The average molecular weight is 873 g/mol. The van der Waals surface area contributed by atoms with Crippen LogP contribution in [0, 0.1) is 5.82 Å². The van der Waals surface area contributed by atoms with E-state index in [-0.39, 0.29) is 94.4 Å². The van der Waals surface area contributed by atoms with E-state index in [1.165, 1.54) is 39.1 Å². The highest BCUT2D eigenvalue weighted by molar-refractivity contribution is 9.10. The van der Waals surface area contributed by atoms with Crippen molar-refractivity contribution in [2.45, 2.75) is 13.0 Å². The maximum atomic E-state index is 15.1. The third-order valence-corrected chi connectivity index (χ3v) is 9.89. The highest BCUT2D eigenvalue weighted by Crippen LogP contribution is 2.21. The lowest BCUT2D eigenvalue weighted by atomic mass is 10.0. The van der Waals surface area contributed by atoms with Crippen LogP contribution in [0.2, 0.25) is 0 Å². The number of carbonyl (C=O) groups excluding carboxylic acids is 4. The Morgan fingerprint density at radius 3 is 2.34 bits per heavy atom. The zero-order valence-electron chi connectivity index (χ0n) is 31.6. The number of carboxylic acid groups (broad SMARTS) is 1. The first kappa shape index (κ1) is 42.1. The zero-order valence-corrected chi connectivity index (χ0v) is 33.2. The first-order valence-electron chi connectivity index (χ1n) is 18.5. The third kappa shape index (κ3) is 10.9. The lowest BCUT2D eigenvalue weighted by Gasteiger charge is -2.36. The second-order valence-corrected chi connectivity index (χ2v) is 14.3. The van der Waals surface area contributed by atoms with Crippen LogP contribution in [0.4, 0.5) is 9.18 Å². The summed E-state index contributed by atoms with van der Waals surface area (Å²) in [6, 6.07) is 21.5. The molecule has 3 N–H and O–H groups in total. The number of amides is 4. The minimum atomic E-state index is -1.31. The number of hydrogen-bond donors (Lipinski definition) is 3. The van der Waals surface area contributed by atoms with Gasteiger partial charge in [0.05, 0.1) is 35.4 Å². The molecule has 5 aromatic rings. The van der Waals surface area contributed by atoms with Crippen LogP contribution in [0.25, 0.3) is 10.8 Å². The predicted octanol–water partition coefficient (Wildman–Crippen LogP) is 3.88. The number of carboxylic acids is 1. The monoisotopic (exact) mass is 871 g/mol. The Balaban J connectivity index is 1.02. The van der Waals surface area contributed by atoms with Gasteiger partial charge in [-0.05, 0) is 51.3 Å². The third-order valence-electron chi connectivity index (χ3n) is 9.45. The molecular weight excluding hydrogens is 833 g/mol. The van der Waals surface area contributed by atoms with E-state index in [4.69, 9.17) is 9.47 Å². The lowest BCUT2D eigenvalue weighted by Crippen LogP contribution is -2.53. The molecule has 0 bridgehead atoms. The molecule has 0 unspecified atom stereocenters. The number of piperazine rings is 1. The van der Waals surface area contributed by atoms with E-state index in [9.17, 15) is 33.9 Å². The lowest BCUT2D eigenvalue weighted by molar-refractivity contribution is -0.133. The molecule has 6 rings (SSSR count). The molecule has 2 aromatic heterocycles. The summed E-state index contributed by atoms with van der Waals surface area (Å²) in [5.41, 5.74) is 0.948. The van der Waals surface area contributed by atoms with Crippen LogP contribution in [0.1, 0.15) is 48.0 Å². The Morgan fingerprint density at radius 1 is 0.881 bits per heavy atom. The number of nitrogens with zero attached hydrogens (tertiary/aromatic N) is 5. The number of aromatic carboxylic acids is 1. The van der Waals surface area contributed by atoms with E-state index in [1.807, 2.05) is 6.07 Å². The van der Waals surface area contributed by atoms with Crippen LogP contribution >= 0.6 is 15.9 Å². The first-order chi connectivity index (χ1) is 28.5. The van der Waals surface area contributed by atoms with E-state index in [0.717, 1.165) is 5.56 Å². The van der Waals surface area contributed by atoms with Crippen LogP contribution in [0.15, 0.2) is 94.3 Å². The summed E-state index contributed by atoms with van der Waals surface area (Å²) in [7, 11) is 0. The molecule has 0 spiro atoms. The zero-order chi connectivity index (χ0) is 41.9. The van der Waals surface area contributed by atoms with Crippen molar-refractivity contribution in [3.8, 4) is 0 Å². The molecule has 16 nitrogen and oxygen atoms in total. The van der Waals surface area contributed by atoms with Crippen molar-refractivity contribution in [1.29, 1.82) is 0 Å². The van der Waals surface area contributed by atoms with Gasteiger partial charge in [0.1, 0.15) is 24.7 Å². The van der Waals surface area contributed by atoms with Gasteiger partial charge in [0, 0.05) is 61.7 Å². The number of aromatic amines is 1. The Kier molecular flexibility index (Phi) is 14.1. The molecule has 1 aliphatic rings. The number of pyridine rings is 1. The topological polar surface area (TPSA) is 204 Å². The molecule has 0 radical (unpaired) electrons. The molecule has 1 aliphatic heterocycles. The Morgan fingerprint density at radius 2 is 1.59 bits per heavy atom. The smallest absolute Gasteiger partial charge is 0.410 e. The number of aromatic nitrogens is 3. The van der Waals surface area contributed by atoms with Crippen LogP contribution in [-0.2, 0) is 27.3 Å². The van der Waals surface area contributed by atoms with E-state index < -0.39 is 35.6 Å². The number of carbonyl (C=O) groups is 5. The van der Waals surface area contributed by atoms with Gasteiger partial charge in [0.25, 0.3) is 17.4 Å². The molecule has 0 aliphatic carbocycles. The predicted molar refractivity (Wildman–Crippen MR) is 214 cm³/mol. The van der Waals surface area contributed by atoms with Gasteiger partial charge in [0.15, 0.2) is 0 Å². The standard InChI is InChI=1S/C41H39BrFN7O9/c42-28-22-32(40(55)56)36(45-23-28)38(53)44-12-18-58-19-17-50(41(57)59-25-26-6-2-1-3-7-26)24-35(51)48-13-15-49(16-14-48)39(54)31-20-27(10-11-33(31)43)21-34-29-8-4-5-9-30(29)37(52)47-46-34/h1-11,20,22-23H,12-19,21,24-25H2,(H,44,53)(H,47,52)(H,55,56). The summed E-state index contributed by atoms with van der Waals surface area (Å²) in [4.78, 5) is 84.7. The maximum Gasteiger partial charge on any atom is 0.410 e. The number of hydrogen-bond acceptors (Lipinski definition) is 10. The number of ether oxygens (including phenoxy) is 2. The van der Waals surface area contributed by atoms with Crippen molar-refractivity contribution >= 4 is 56.5 Å². The molecule has 59 heavy (non-hydrogen) atoms. The second kappa shape index (κ2) is 19.8. The summed E-state index contributed by atoms with van der Waals surface area (Å²) >= 11 is 3.14. The molecule has 0 saturated carbocycles. The minimum absolute atomic E-state index is 0.00589. The fourth-order valence-electron chi connectivity index (χ4n) is 6.36. The van der Waals surface area contributed by atoms with Crippen LogP contribution in [0.5, 0.6) is 0 Å². The van der Waals surface area contributed by atoms with Gasteiger partial charge in [-0.15, -0.1) is 0 Å². The molecule has 3 aromatic carbocycles. The Bertz CT molecular complexity index is 2410. The molecule has 306 valence electrons. The molecule has 1 fully saturated rings. The van der Waals surface area contributed by atoms with Crippen molar-refractivity contribution in [3.05, 3.63) is 139 Å². The van der Waals surface area contributed by atoms with Crippen molar-refractivity contribution in [2.24, 2.45) is 0 Å². The highest BCUT2D eigenvalue weighted by Gasteiger charge is 2.29. The first-order valence-corrected chi connectivity index (χ1v) is 19.3. The molecule has 1 saturated heterocycles. The van der Waals surface area contributed by atoms with Crippen molar-refractivity contribution in [2.75, 3.05) is 59.0 Å². The number of fused-ring (bicyclic) bond motifs is 1. The fraction of sp³-hybridized carbons (Fsp3) is 0.268. The van der Waals surface area contributed by atoms with Crippen molar-refractivity contribution in [1.82, 2.24) is 35.2 Å². The minimum Gasteiger partial charge on any atom is -0.478 e. The van der Waals surface area contributed by atoms with Gasteiger partial charge >= 0.3 is 12.1 Å². The second-order valence-electron chi connectivity index (χ2n) is 13.4. The molecule has 3 heterocycles. The number of nitrogens with one attached hydrogen (secondary N) is 2. The molecule has 18 heteroatoms. The molecule has 0 atom stereocenters. The maximum absolute atomic E-state index is 15.1. The fourth-order valence-corrected chi connectivity index (χ4v) is 6.70. The number of benzene rings is 3. The van der Waals surface area contributed by atoms with E-state index in [1.54, 1.807) is 54.6 Å². The SMILES string of the molecule is O=C(O)c1cc(Br)cnc1C(=O)NCCOCCN(CC(=O)N1CCN(C(=O)c2cc(Cc3n[nH]c(=O)c4ccccc34)ccc2F)CC1)C(=O)OCc1ccccc1. The van der Waals surface area contributed by atoms with E-state index >= 15 is 4.39 Å². The number of rotatable bonds is 15. The summed E-state index contributed by atoms with van der Waals surface area (Å²) in [5, 5.41) is 19.8.